The molecule has 2 nitrogen and oxygen atoms in total. The van der Waals surface area contributed by atoms with Gasteiger partial charge in [-0.3, -0.25) is 0 Å². The summed E-state index contributed by atoms with van der Waals surface area (Å²) in [5, 5.41) is 12.6. The highest BCUT2D eigenvalue weighted by molar-refractivity contribution is 9.10. The molecular formula is C15H13BrN2S. The van der Waals surface area contributed by atoms with E-state index in [0.717, 1.165) is 26.5 Å². The highest BCUT2D eigenvalue weighted by Crippen LogP contribution is 2.30. The lowest BCUT2D eigenvalue weighted by Gasteiger charge is -2.11. The van der Waals surface area contributed by atoms with Gasteiger partial charge >= 0.3 is 0 Å². The Hall–Kier alpha value is -1.44. The maximum atomic E-state index is 9.35. The number of anilines is 2. The van der Waals surface area contributed by atoms with E-state index < -0.39 is 0 Å². The molecule has 2 aromatic rings. The fourth-order valence-corrected chi connectivity index (χ4v) is 2.93. The van der Waals surface area contributed by atoms with Crippen molar-refractivity contribution in [2.45, 2.75) is 11.8 Å². The van der Waals surface area contributed by atoms with Crippen molar-refractivity contribution in [3.63, 3.8) is 0 Å². The van der Waals surface area contributed by atoms with Gasteiger partial charge in [0, 0.05) is 15.1 Å². The molecule has 4 heteroatoms. The summed E-state index contributed by atoms with van der Waals surface area (Å²) in [7, 11) is 0. The maximum Gasteiger partial charge on any atom is 0.103 e. The van der Waals surface area contributed by atoms with Crippen LogP contribution in [0.15, 0.2) is 51.8 Å². The summed E-state index contributed by atoms with van der Waals surface area (Å²) in [5.41, 5.74) is 2.51. The van der Waals surface area contributed by atoms with Crippen molar-refractivity contribution in [2.75, 3.05) is 11.1 Å². The first-order chi connectivity index (χ1) is 9.24. The molecule has 0 aromatic heterocycles. The topological polar surface area (TPSA) is 35.8 Å². The first-order valence-electron chi connectivity index (χ1n) is 5.93. The van der Waals surface area contributed by atoms with Gasteiger partial charge in [-0.2, -0.15) is 5.26 Å². The summed E-state index contributed by atoms with van der Waals surface area (Å²) in [6.45, 7) is 2.08. The van der Waals surface area contributed by atoms with E-state index in [1.807, 2.05) is 42.5 Å². The molecule has 0 radical (unpaired) electrons. The van der Waals surface area contributed by atoms with Crippen LogP contribution in [0.1, 0.15) is 12.5 Å². The molecule has 0 saturated carbocycles. The Morgan fingerprint density at radius 1 is 1.26 bits per heavy atom. The molecule has 0 fully saturated rings. The molecule has 1 N–H and O–H groups in total. The Labute approximate surface area is 126 Å². The van der Waals surface area contributed by atoms with Crippen LogP contribution >= 0.6 is 27.7 Å². The van der Waals surface area contributed by atoms with Crippen LogP contribution < -0.4 is 5.32 Å². The Balaban J connectivity index is 2.35. The lowest BCUT2D eigenvalue weighted by Crippen LogP contribution is -1.95. The minimum atomic E-state index is 0.703. The normalized spacial score (nSPS) is 9.95. The first kappa shape index (κ1) is 14.0. The number of benzene rings is 2. The molecule has 0 spiro atoms. The minimum Gasteiger partial charge on any atom is -0.354 e. The zero-order valence-corrected chi connectivity index (χ0v) is 12.9. The Kier molecular flexibility index (Phi) is 4.89. The Bertz CT molecular complexity index is 620. The van der Waals surface area contributed by atoms with E-state index in [1.165, 1.54) is 0 Å². The van der Waals surface area contributed by atoms with Crippen LogP contribution in [0.2, 0.25) is 0 Å². The van der Waals surface area contributed by atoms with E-state index >= 15 is 0 Å². The number of halogens is 1. The molecule has 0 aliphatic rings. The number of nitrogens with zero attached hydrogens (tertiary/aromatic N) is 1. The molecule has 0 heterocycles. The highest BCUT2D eigenvalue weighted by Gasteiger charge is 2.08. The summed E-state index contributed by atoms with van der Waals surface area (Å²) in [6, 6.07) is 16.1. The zero-order valence-electron chi connectivity index (χ0n) is 10.5. The lowest BCUT2D eigenvalue weighted by molar-refractivity contribution is 1.34. The summed E-state index contributed by atoms with van der Waals surface area (Å²) >= 11 is 5.12. The van der Waals surface area contributed by atoms with Crippen molar-refractivity contribution in [3.05, 3.63) is 52.5 Å². The van der Waals surface area contributed by atoms with Gasteiger partial charge in [0.15, 0.2) is 0 Å². The smallest absolute Gasteiger partial charge is 0.103 e. The van der Waals surface area contributed by atoms with E-state index in [-0.39, 0.29) is 0 Å². The third-order valence-corrected chi connectivity index (χ3v) is 3.97. The second kappa shape index (κ2) is 6.65. The lowest BCUT2D eigenvalue weighted by atomic mass is 10.2. The summed E-state index contributed by atoms with van der Waals surface area (Å²) in [6.07, 6.45) is 0. The number of nitrogens with one attached hydrogen (secondary N) is 1. The van der Waals surface area contributed by atoms with Gasteiger partial charge < -0.3 is 5.32 Å². The summed E-state index contributed by atoms with van der Waals surface area (Å²) in [4.78, 5) is 1.02. The van der Waals surface area contributed by atoms with Gasteiger partial charge in [0.05, 0.1) is 11.3 Å². The van der Waals surface area contributed by atoms with Crippen molar-refractivity contribution >= 4 is 39.1 Å². The molecule has 0 aliphatic heterocycles. The van der Waals surface area contributed by atoms with E-state index in [4.69, 9.17) is 0 Å². The molecule has 0 amide bonds. The first-order valence-corrected chi connectivity index (χ1v) is 7.71. The molecule has 2 aromatic carbocycles. The van der Waals surface area contributed by atoms with Crippen molar-refractivity contribution in [1.82, 2.24) is 0 Å². The Morgan fingerprint density at radius 3 is 2.74 bits per heavy atom. The van der Waals surface area contributed by atoms with Crippen LogP contribution in [0, 0.1) is 11.3 Å². The third kappa shape index (κ3) is 3.52. The SMILES string of the molecule is CCSc1cccc(Nc2cccc(Br)c2)c1C#N. The third-order valence-electron chi connectivity index (χ3n) is 2.54. The molecule has 0 bridgehead atoms. The average Bonchev–Trinajstić information content (AvgIpc) is 2.39. The Morgan fingerprint density at radius 2 is 2.05 bits per heavy atom. The summed E-state index contributed by atoms with van der Waals surface area (Å²) < 4.78 is 1.01. The zero-order chi connectivity index (χ0) is 13.7. The van der Waals surface area contributed by atoms with Gasteiger partial charge in [-0.05, 0) is 36.1 Å². The molecule has 2 rings (SSSR count). The molecule has 96 valence electrons. The van der Waals surface area contributed by atoms with Crippen molar-refractivity contribution in [1.29, 1.82) is 5.26 Å². The van der Waals surface area contributed by atoms with Crippen LogP contribution in [0.3, 0.4) is 0 Å². The number of rotatable bonds is 4. The van der Waals surface area contributed by atoms with Gasteiger partial charge in [-0.25, -0.2) is 0 Å². The number of thioether (sulfide) groups is 1. The van der Waals surface area contributed by atoms with Gasteiger partial charge in [0.1, 0.15) is 6.07 Å². The van der Waals surface area contributed by atoms with Gasteiger partial charge in [-0.1, -0.05) is 35.0 Å². The predicted octanol–water partition coefficient (Wildman–Crippen LogP) is 5.18. The predicted molar refractivity (Wildman–Crippen MR) is 85.0 cm³/mol. The molecule has 0 saturated heterocycles. The van der Waals surface area contributed by atoms with Crippen LogP contribution in [0.5, 0.6) is 0 Å². The maximum absolute atomic E-state index is 9.35. The van der Waals surface area contributed by atoms with Gasteiger partial charge in [-0.15, -0.1) is 11.8 Å². The molecule has 0 aliphatic carbocycles. The minimum absolute atomic E-state index is 0.703. The van der Waals surface area contributed by atoms with Crippen LogP contribution in [0.25, 0.3) is 0 Å². The van der Waals surface area contributed by atoms with Crippen LogP contribution in [-0.2, 0) is 0 Å². The monoisotopic (exact) mass is 332 g/mol. The fraction of sp³-hybridized carbons (Fsp3) is 0.133. The number of hydrogen-bond donors (Lipinski definition) is 1. The fourth-order valence-electron chi connectivity index (χ4n) is 1.75. The molecule has 0 atom stereocenters. The van der Waals surface area contributed by atoms with E-state index in [2.05, 4.69) is 34.2 Å². The van der Waals surface area contributed by atoms with Gasteiger partial charge in [0.2, 0.25) is 0 Å². The highest BCUT2D eigenvalue weighted by atomic mass is 79.9. The van der Waals surface area contributed by atoms with E-state index in [0.29, 0.717) is 5.56 Å². The number of hydrogen-bond acceptors (Lipinski definition) is 3. The second-order valence-corrected chi connectivity index (χ2v) is 6.08. The second-order valence-electron chi connectivity index (χ2n) is 3.86. The number of nitriles is 1. The van der Waals surface area contributed by atoms with Crippen molar-refractivity contribution in [2.24, 2.45) is 0 Å². The summed E-state index contributed by atoms with van der Waals surface area (Å²) in [5.74, 6) is 0.953. The average molecular weight is 333 g/mol. The van der Waals surface area contributed by atoms with E-state index in [1.54, 1.807) is 11.8 Å². The largest absolute Gasteiger partial charge is 0.354 e. The van der Waals surface area contributed by atoms with E-state index in [9.17, 15) is 5.26 Å². The molecule has 19 heavy (non-hydrogen) atoms. The molecule has 0 unspecified atom stereocenters. The van der Waals surface area contributed by atoms with Crippen molar-refractivity contribution in [3.8, 4) is 6.07 Å². The van der Waals surface area contributed by atoms with Crippen LogP contribution in [-0.4, -0.2) is 5.75 Å². The van der Waals surface area contributed by atoms with Crippen molar-refractivity contribution < 1.29 is 0 Å². The molecular weight excluding hydrogens is 320 g/mol. The quantitative estimate of drug-likeness (QED) is 0.784. The van der Waals surface area contributed by atoms with Gasteiger partial charge in [0.25, 0.3) is 0 Å². The van der Waals surface area contributed by atoms with Crippen LogP contribution in [0.4, 0.5) is 11.4 Å². The standard InChI is InChI=1S/C15H13BrN2S/c1-2-19-15-8-4-7-14(13(15)10-17)18-12-6-3-5-11(16)9-12/h3-9,18H,2H2,1H3.